The molecule has 0 aromatic rings. The molecule has 20 heavy (non-hydrogen) atoms. The largest absolute Gasteiger partial charge is 0.469 e. The van der Waals surface area contributed by atoms with Crippen LogP contribution in [0.1, 0.15) is 38.5 Å². The van der Waals surface area contributed by atoms with Crippen LogP contribution in [-0.4, -0.2) is 50.2 Å². The Balaban J connectivity index is 1.53. The number of piperidine rings is 1. The van der Waals surface area contributed by atoms with Crippen molar-refractivity contribution in [3.63, 3.8) is 0 Å². The molecule has 1 saturated heterocycles. The van der Waals surface area contributed by atoms with Crippen LogP contribution in [0.3, 0.4) is 0 Å². The van der Waals surface area contributed by atoms with E-state index in [1.165, 1.54) is 45.8 Å². The Hall–Kier alpha value is -0.610. The van der Waals surface area contributed by atoms with E-state index in [4.69, 9.17) is 4.74 Å². The topological polar surface area (TPSA) is 41.6 Å². The monoisotopic (exact) mass is 280 g/mol. The molecule has 3 fully saturated rings. The lowest BCUT2D eigenvalue weighted by atomic mass is 9.84. The smallest absolute Gasteiger partial charge is 0.310 e. The van der Waals surface area contributed by atoms with Crippen molar-refractivity contribution < 1.29 is 9.53 Å². The van der Waals surface area contributed by atoms with Gasteiger partial charge in [-0.3, -0.25) is 4.79 Å². The quantitative estimate of drug-likeness (QED) is 0.751. The molecule has 2 aliphatic carbocycles. The minimum absolute atomic E-state index is 0.0264. The molecule has 1 aliphatic heterocycles. The van der Waals surface area contributed by atoms with Gasteiger partial charge in [-0.2, -0.15) is 0 Å². The summed E-state index contributed by atoms with van der Waals surface area (Å²) in [7, 11) is 1.51. The average molecular weight is 280 g/mol. The molecular formula is C16H28N2O2. The average Bonchev–Trinajstić information content (AvgIpc) is 3.24. The molecule has 0 amide bonds. The first-order chi connectivity index (χ1) is 9.74. The number of carbonyl (C=O) groups is 1. The highest BCUT2D eigenvalue weighted by molar-refractivity contribution is 5.72. The van der Waals surface area contributed by atoms with Gasteiger partial charge in [-0.1, -0.05) is 6.42 Å². The summed E-state index contributed by atoms with van der Waals surface area (Å²) >= 11 is 0. The SMILES string of the molecule is COC(=O)C1CC(NCC2CC2)CN(CC2CCC2)C1. The van der Waals surface area contributed by atoms with Crippen molar-refractivity contribution in [2.75, 3.05) is 33.3 Å². The number of nitrogens with zero attached hydrogens (tertiary/aromatic N) is 1. The van der Waals surface area contributed by atoms with Crippen molar-refractivity contribution >= 4 is 5.97 Å². The van der Waals surface area contributed by atoms with E-state index in [9.17, 15) is 4.79 Å². The summed E-state index contributed by atoms with van der Waals surface area (Å²) in [5, 5.41) is 3.68. The van der Waals surface area contributed by atoms with Crippen LogP contribution in [0.5, 0.6) is 0 Å². The molecule has 0 spiro atoms. The first-order valence-corrected chi connectivity index (χ1v) is 8.28. The molecule has 0 aromatic heterocycles. The van der Waals surface area contributed by atoms with Gasteiger partial charge >= 0.3 is 5.97 Å². The van der Waals surface area contributed by atoms with Gasteiger partial charge in [-0.25, -0.2) is 0 Å². The maximum absolute atomic E-state index is 11.9. The molecule has 0 bridgehead atoms. The third-order valence-corrected chi connectivity index (χ3v) is 5.19. The fourth-order valence-electron chi connectivity index (χ4n) is 3.52. The van der Waals surface area contributed by atoms with Gasteiger partial charge in [0.05, 0.1) is 13.0 Å². The van der Waals surface area contributed by atoms with E-state index in [1.54, 1.807) is 0 Å². The van der Waals surface area contributed by atoms with Crippen molar-refractivity contribution in [3.05, 3.63) is 0 Å². The lowest BCUT2D eigenvalue weighted by Gasteiger charge is -2.40. The van der Waals surface area contributed by atoms with Crippen molar-refractivity contribution in [2.24, 2.45) is 17.8 Å². The Bertz CT molecular complexity index is 339. The Morgan fingerprint density at radius 2 is 2.00 bits per heavy atom. The summed E-state index contributed by atoms with van der Waals surface area (Å²) in [6.45, 7) is 4.31. The zero-order valence-corrected chi connectivity index (χ0v) is 12.6. The number of esters is 1. The van der Waals surface area contributed by atoms with Crippen LogP contribution >= 0.6 is 0 Å². The second-order valence-corrected chi connectivity index (χ2v) is 7.02. The zero-order valence-electron chi connectivity index (χ0n) is 12.6. The second-order valence-electron chi connectivity index (χ2n) is 7.02. The molecule has 2 unspecified atom stereocenters. The number of hydrogen-bond donors (Lipinski definition) is 1. The fraction of sp³-hybridized carbons (Fsp3) is 0.938. The normalized spacial score (nSPS) is 31.9. The van der Waals surface area contributed by atoms with E-state index in [0.717, 1.165) is 37.9 Å². The summed E-state index contributed by atoms with van der Waals surface area (Å²) in [4.78, 5) is 14.4. The Morgan fingerprint density at radius 1 is 1.20 bits per heavy atom. The minimum Gasteiger partial charge on any atom is -0.469 e. The summed E-state index contributed by atoms with van der Waals surface area (Å²) in [5.74, 6) is 1.80. The molecule has 3 rings (SSSR count). The number of rotatable bonds is 6. The second kappa shape index (κ2) is 6.44. The van der Waals surface area contributed by atoms with Crippen LogP contribution < -0.4 is 5.32 Å². The van der Waals surface area contributed by atoms with Crippen LogP contribution in [0.25, 0.3) is 0 Å². The number of likely N-dealkylation sites (tertiary alicyclic amines) is 1. The van der Waals surface area contributed by atoms with Crippen molar-refractivity contribution in [1.82, 2.24) is 10.2 Å². The molecular weight excluding hydrogens is 252 g/mol. The van der Waals surface area contributed by atoms with E-state index in [1.807, 2.05) is 0 Å². The molecule has 0 radical (unpaired) electrons. The van der Waals surface area contributed by atoms with Gasteiger partial charge in [0.25, 0.3) is 0 Å². The molecule has 4 heteroatoms. The molecule has 4 nitrogen and oxygen atoms in total. The van der Waals surface area contributed by atoms with Crippen LogP contribution in [-0.2, 0) is 9.53 Å². The number of methoxy groups -OCH3 is 1. The van der Waals surface area contributed by atoms with Gasteiger partial charge < -0.3 is 15.0 Å². The van der Waals surface area contributed by atoms with Crippen LogP contribution in [0.15, 0.2) is 0 Å². The highest BCUT2D eigenvalue weighted by Gasteiger charge is 2.34. The van der Waals surface area contributed by atoms with E-state index < -0.39 is 0 Å². The first kappa shape index (κ1) is 14.3. The van der Waals surface area contributed by atoms with Gasteiger partial charge in [0, 0.05) is 25.7 Å². The molecule has 2 saturated carbocycles. The number of hydrogen-bond acceptors (Lipinski definition) is 4. The van der Waals surface area contributed by atoms with E-state index >= 15 is 0 Å². The number of nitrogens with one attached hydrogen (secondary N) is 1. The van der Waals surface area contributed by atoms with Gasteiger partial charge in [0.1, 0.15) is 0 Å². The van der Waals surface area contributed by atoms with Crippen molar-refractivity contribution in [2.45, 2.75) is 44.6 Å². The van der Waals surface area contributed by atoms with Crippen molar-refractivity contribution in [1.29, 1.82) is 0 Å². The predicted octanol–water partition coefficient (Wildman–Crippen LogP) is 1.65. The molecule has 114 valence electrons. The predicted molar refractivity (Wildman–Crippen MR) is 78.4 cm³/mol. The van der Waals surface area contributed by atoms with Crippen LogP contribution in [0, 0.1) is 17.8 Å². The third-order valence-electron chi connectivity index (χ3n) is 5.19. The van der Waals surface area contributed by atoms with Gasteiger partial charge in [-0.05, 0) is 50.5 Å². The Morgan fingerprint density at radius 3 is 2.60 bits per heavy atom. The fourth-order valence-corrected chi connectivity index (χ4v) is 3.52. The Kier molecular flexibility index (Phi) is 4.61. The minimum atomic E-state index is -0.0264. The highest BCUT2D eigenvalue weighted by Crippen LogP contribution is 2.30. The number of carbonyl (C=O) groups excluding carboxylic acids is 1. The lowest BCUT2D eigenvalue weighted by molar-refractivity contribution is -0.147. The summed E-state index contributed by atoms with van der Waals surface area (Å²) < 4.78 is 4.98. The first-order valence-electron chi connectivity index (χ1n) is 8.28. The van der Waals surface area contributed by atoms with E-state index in [-0.39, 0.29) is 11.9 Å². The van der Waals surface area contributed by atoms with Crippen LogP contribution in [0.2, 0.25) is 0 Å². The van der Waals surface area contributed by atoms with Crippen LogP contribution in [0.4, 0.5) is 0 Å². The summed E-state index contributed by atoms with van der Waals surface area (Å²) in [6, 6.07) is 0.466. The van der Waals surface area contributed by atoms with Gasteiger partial charge in [0.2, 0.25) is 0 Å². The molecule has 1 N–H and O–H groups in total. The molecule has 3 aliphatic rings. The standard InChI is InChI=1S/C16H28N2O2/c1-20-16(19)14-7-15(17-8-12-5-6-12)11-18(10-14)9-13-3-2-4-13/h12-15,17H,2-11H2,1H3. The molecule has 1 heterocycles. The summed E-state index contributed by atoms with van der Waals surface area (Å²) in [5.41, 5.74) is 0. The third kappa shape index (κ3) is 3.73. The molecule has 2 atom stereocenters. The van der Waals surface area contributed by atoms with Crippen molar-refractivity contribution in [3.8, 4) is 0 Å². The van der Waals surface area contributed by atoms with Gasteiger partial charge in [-0.15, -0.1) is 0 Å². The number of ether oxygens (including phenoxy) is 1. The zero-order chi connectivity index (χ0) is 13.9. The molecule has 0 aromatic carbocycles. The highest BCUT2D eigenvalue weighted by atomic mass is 16.5. The maximum atomic E-state index is 11.9. The van der Waals surface area contributed by atoms with Gasteiger partial charge in [0.15, 0.2) is 0 Å². The lowest BCUT2D eigenvalue weighted by Crippen LogP contribution is -2.52. The van der Waals surface area contributed by atoms with E-state index in [0.29, 0.717) is 6.04 Å². The maximum Gasteiger partial charge on any atom is 0.310 e. The van der Waals surface area contributed by atoms with E-state index in [2.05, 4.69) is 10.2 Å². The summed E-state index contributed by atoms with van der Waals surface area (Å²) in [6.07, 6.45) is 7.85. The Labute approximate surface area is 122 Å².